The highest BCUT2D eigenvalue weighted by molar-refractivity contribution is 6.07. The van der Waals surface area contributed by atoms with Crippen molar-refractivity contribution in [3.8, 4) is 0 Å². The Hall–Kier alpha value is -3.42. The Bertz CT molecular complexity index is 879. The lowest BCUT2D eigenvalue weighted by Crippen LogP contribution is -2.50. The largest absolute Gasteiger partial charge is 0.450 e. The molecule has 0 saturated carbocycles. The summed E-state index contributed by atoms with van der Waals surface area (Å²) in [6, 6.07) is 12.4. The first-order chi connectivity index (χ1) is 14.0. The zero-order valence-corrected chi connectivity index (χ0v) is 16.6. The minimum atomic E-state index is -0.366. The Morgan fingerprint density at radius 3 is 2.34 bits per heavy atom. The maximum absolute atomic E-state index is 12.8. The van der Waals surface area contributed by atoms with Crippen LogP contribution in [0.2, 0.25) is 0 Å². The molecular formula is C21H24N4O4. The van der Waals surface area contributed by atoms with Gasteiger partial charge in [-0.3, -0.25) is 14.6 Å². The lowest BCUT2D eigenvalue weighted by molar-refractivity contribution is 0.0566. The molecule has 3 amide bonds. The number of carbonyl (C=O) groups is 3. The van der Waals surface area contributed by atoms with Crippen molar-refractivity contribution in [3.63, 3.8) is 0 Å². The van der Waals surface area contributed by atoms with E-state index in [1.54, 1.807) is 29.8 Å². The van der Waals surface area contributed by atoms with E-state index in [9.17, 15) is 14.4 Å². The molecule has 1 aliphatic heterocycles. The van der Waals surface area contributed by atoms with E-state index in [0.29, 0.717) is 38.3 Å². The summed E-state index contributed by atoms with van der Waals surface area (Å²) in [4.78, 5) is 46.3. The van der Waals surface area contributed by atoms with Gasteiger partial charge in [0.2, 0.25) is 0 Å². The zero-order chi connectivity index (χ0) is 20.8. The van der Waals surface area contributed by atoms with Gasteiger partial charge in [-0.25, -0.2) is 4.79 Å². The van der Waals surface area contributed by atoms with Crippen LogP contribution in [0.15, 0.2) is 48.7 Å². The van der Waals surface area contributed by atoms with Crippen LogP contribution < -0.4 is 4.90 Å². The fraction of sp³-hybridized carbons (Fsp3) is 0.333. The van der Waals surface area contributed by atoms with Crippen LogP contribution in [0, 0.1) is 0 Å². The minimum absolute atomic E-state index is 0.210. The number of hydrogen-bond donors (Lipinski definition) is 0. The number of rotatable bonds is 4. The van der Waals surface area contributed by atoms with Crippen LogP contribution in [0.1, 0.15) is 27.8 Å². The van der Waals surface area contributed by atoms with E-state index >= 15 is 0 Å². The summed E-state index contributed by atoms with van der Waals surface area (Å²) >= 11 is 0. The Morgan fingerprint density at radius 2 is 1.69 bits per heavy atom. The standard InChI is InChI=1S/C21H24N4O4/c1-3-29-21(28)25-13-11-24(12-14-25)20(27)18-15-16(9-10-22-18)19(26)23(2)17-7-5-4-6-8-17/h4-10,15H,3,11-14H2,1-2H3. The molecule has 1 aromatic carbocycles. The molecule has 8 heteroatoms. The molecule has 1 saturated heterocycles. The van der Waals surface area contributed by atoms with Crippen molar-refractivity contribution in [2.24, 2.45) is 0 Å². The van der Waals surface area contributed by atoms with Crippen molar-refractivity contribution in [3.05, 3.63) is 59.9 Å². The van der Waals surface area contributed by atoms with Gasteiger partial charge in [0.05, 0.1) is 6.61 Å². The van der Waals surface area contributed by atoms with Gasteiger partial charge in [0.15, 0.2) is 0 Å². The molecular weight excluding hydrogens is 372 g/mol. The zero-order valence-electron chi connectivity index (χ0n) is 16.6. The van der Waals surface area contributed by atoms with Crippen LogP contribution in [-0.4, -0.2) is 72.5 Å². The Kier molecular flexibility index (Phi) is 6.43. The molecule has 1 aliphatic rings. The van der Waals surface area contributed by atoms with Crippen molar-refractivity contribution in [1.29, 1.82) is 0 Å². The summed E-state index contributed by atoms with van der Waals surface area (Å²) in [6.07, 6.45) is 1.10. The second-order valence-electron chi connectivity index (χ2n) is 6.61. The van der Waals surface area contributed by atoms with E-state index in [1.807, 2.05) is 30.3 Å². The topological polar surface area (TPSA) is 83.0 Å². The highest BCUT2D eigenvalue weighted by atomic mass is 16.6. The number of nitrogens with zero attached hydrogens (tertiary/aromatic N) is 4. The van der Waals surface area contributed by atoms with Crippen LogP contribution in [0.3, 0.4) is 0 Å². The van der Waals surface area contributed by atoms with Crippen molar-refractivity contribution in [1.82, 2.24) is 14.8 Å². The summed E-state index contributed by atoms with van der Waals surface area (Å²) in [5, 5.41) is 0. The van der Waals surface area contributed by atoms with Gasteiger partial charge in [-0.15, -0.1) is 0 Å². The van der Waals surface area contributed by atoms with E-state index in [4.69, 9.17) is 4.74 Å². The van der Waals surface area contributed by atoms with E-state index in [-0.39, 0.29) is 23.6 Å². The van der Waals surface area contributed by atoms with E-state index in [2.05, 4.69) is 4.98 Å². The molecule has 0 N–H and O–H groups in total. The third kappa shape index (κ3) is 4.71. The van der Waals surface area contributed by atoms with Crippen molar-refractivity contribution < 1.29 is 19.1 Å². The van der Waals surface area contributed by atoms with Crippen LogP contribution >= 0.6 is 0 Å². The Balaban J connectivity index is 1.67. The first-order valence-electron chi connectivity index (χ1n) is 9.51. The molecule has 2 heterocycles. The Morgan fingerprint density at radius 1 is 1.03 bits per heavy atom. The summed E-state index contributed by atoms with van der Waals surface area (Å²) in [5.41, 5.74) is 1.36. The third-order valence-corrected chi connectivity index (χ3v) is 4.77. The van der Waals surface area contributed by atoms with Crippen LogP contribution in [0.5, 0.6) is 0 Å². The number of benzene rings is 1. The van der Waals surface area contributed by atoms with Crippen molar-refractivity contribution in [2.45, 2.75) is 6.92 Å². The maximum Gasteiger partial charge on any atom is 0.409 e. The number of anilines is 1. The van der Waals surface area contributed by atoms with Gasteiger partial charge in [-0.2, -0.15) is 0 Å². The van der Waals surface area contributed by atoms with Gasteiger partial charge < -0.3 is 19.4 Å². The summed E-state index contributed by atoms with van der Waals surface area (Å²) in [5.74, 6) is -0.481. The number of pyridine rings is 1. The lowest BCUT2D eigenvalue weighted by Gasteiger charge is -2.33. The van der Waals surface area contributed by atoms with Gasteiger partial charge in [0, 0.05) is 50.7 Å². The van der Waals surface area contributed by atoms with Crippen LogP contribution in [-0.2, 0) is 4.74 Å². The van der Waals surface area contributed by atoms with E-state index in [1.165, 1.54) is 17.2 Å². The third-order valence-electron chi connectivity index (χ3n) is 4.77. The van der Waals surface area contributed by atoms with E-state index < -0.39 is 0 Å². The molecule has 0 bridgehead atoms. The average molecular weight is 396 g/mol. The molecule has 0 spiro atoms. The highest BCUT2D eigenvalue weighted by Crippen LogP contribution is 2.16. The molecule has 152 valence electrons. The number of amides is 3. The van der Waals surface area contributed by atoms with E-state index in [0.717, 1.165) is 5.69 Å². The lowest BCUT2D eigenvalue weighted by atomic mass is 10.1. The van der Waals surface area contributed by atoms with Gasteiger partial charge in [0.25, 0.3) is 11.8 Å². The maximum atomic E-state index is 12.8. The number of ether oxygens (including phenoxy) is 1. The van der Waals surface area contributed by atoms with Gasteiger partial charge in [0.1, 0.15) is 5.69 Å². The van der Waals surface area contributed by atoms with Crippen molar-refractivity contribution in [2.75, 3.05) is 44.7 Å². The first-order valence-corrected chi connectivity index (χ1v) is 9.51. The first kappa shape index (κ1) is 20.3. The number of piperazine rings is 1. The number of aromatic nitrogens is 1. The van der Waals surface area contributed by atoms with Crippen LogP contribution in [0.4, 0.5) is 10.5 Å². The SMILES string of the molecule is CCOC(=O)N1CCN(C(=O)c2cc(C(=O)N(C)c3ccccc3)ccn2)CC1. The molecule has 0 radical (unpaired) electrons. The Labute approximate surface area is 169 Å². The quantitative estimate of drug-likeness (QED) is 0.792. The molecule has 0 aliphatic carbocycles. The number of carbonyl (C=O) groups excluding carboxylic acids is 3. The molecule has 3 rings (SSSR count). The monoisotopic (exact) mass is 396 g/mol. The molecule has 1 aromatic heterocycles. The normalized spacial score (nSPS) is 13.7. The molecule has 8 nitrogen and oxygen atoms in total. The molecule has 0 atom stereocenters. The molecule has 29 heavy (non-hydrogen) atoms. The fourth-order valence-electron chi connectivity index (χ4n) is 3.11. The average Bonchev–Trinajstić information content (AvgIpc) is 2.78. The highest BCUT2D eigenvalue weighted by Gasteiger charge is 2.26. The fourth-order valence-corrected chi connectivity index (χ4v) is 3.11. The minimum Gasteiger partial charge on any atom is -0.450 e. The molecule has 0 unspecified atom stereocenters. The summed E-state index contributed by atoms with van der Waals surface area (Å²) < 4.78 is 4.99. The molecule has 1 fully saturated rings. The second kappa shape index (κ2) is 9.18. The number of hydrogen-bond acceptors (Lipinski definition) is 5. The number of para-hydroxylation sites is 1. The van der Waals surface area contributed by atoms with Crippen molar-refractivity contribution >= 4 is 23.6 Å². The predicted molar refractivity (Wildman–Crippen MR) is 108 cm³/mol. The molecule has 2 aromatic rings. The van der Waals surface area contributed by atoms with Gasteiger partial charge >= 0.3 is 6.09 Å². The van der Waals surface area contributed by atoms with Gasteiger partial charge in [-0.1, -0.05) is 18.2 Å². The predicted octanol–water partition coefficient (Wildman–Crippen LogP) is 2.27. The summed E-state index contributed by atoms with van der Waals surface area (Å²) in [6.45, 7) is 3.66. The van der Waals surface area contributed by atoms with Crippen LogP contribution in [0.25, 0.3) is 0 Å². The summed E-state index contributed by atoms with van der Waals surface area (Å²) in [7, 11) is 1.69. The smallest absolute Gasteiger partial charge is 0.409 e. The second-order valence-corrected chi connectivity index (χ2v) is 6.61. The van der Waals surface area contributed by atoms with Gasteiger partial charge in [-0.05, 0) is 31.2 Å².